The summed E-state index contributed by atoms with van der Waals surface area (Å²) in [7, 11) is 2.24. The Kier molecular flexibility index (Phi) is 2.26. The van der Waals surface area contributed by atoms with Gasteiger partial charge in [0.25, 0.3) is 0 Å². The number of hydrogen-bond donors (Lipinski definition) is 1. The van der Waals surface area contributed by atoms with Crippen molar-refractivity contribution in [3.05, 3.63) is 35.5 Å². The van der Waals surface area contributed by atoms with Crippen molar-refractivity contribution in [2.75, 3.05) is 26.7 Å². The van der Waals surface area contributed by atoms with Crippen LogP contribution < -0.4 is 5.32 Å². The maximum absolute atomic E-state index is 3.52. The number of aromatic nitrogens is 1. The molecule has 2 aromatic rings. The zero-order valence-electron chi connectivity index (χ0n) is 10.8. The zero-order valence-corrected chi connectivity index (χ0v) is 10.8. The van der Waals surface area contributed by atoms with Crippen molar-refractivity contribution in [1.29, 1.82) is 0 Å². The van der Waals surface area contributed by atoms with Gasteiger partial charge in [0.05, 0.1) is 5.52 Å². The summed E-state index contributed by atoms with van der Waals surface area (Å²) >= 11 is 0. The number of likely N-dealkylation sites (N-methyl/N-ethyl adjacent to an activating group) is 1. The van der Waals surface area contributed by atoms with E-state index in [4.69, 9.17) is 0 Å². The maximum atomic E-state index is 3.52. The summed E-state index contributed by atoms with van der Waals surface area (Å²) in [6.07, 6.45) is 3.58. The van der Waals surface area contributed by atoms with E-state index < -0.39 is 0 Å². The van der Waals surface area contributed by atoms with Gasteiger partial charge in [-0.05, 0) is 24.6 Å². The molecule has 1 fully saturated rings. The van der Waals surface area contributed by atoms with Crippen LogP contribution in [0.1, 0.15) is 17.2 Å². The van der Waals surface area contributed by atoms with Crippen molar-refractivity contribution in [1.82, 2.24) is 14.8 Å². The largest absolute Gasteiger partial charge is 0.347 e. The summed E-state index contributed by atoms with van der Waals surface area (Å²) in [5, 5.41) is 4.98. The molecule has 2 aliphatic heterocycles. The summed E-state index contributed by atoms with van der Waals surface area (Å²) in [6, 6.07) is 7.31. The molecule has 1 aromatic carbocycles. The van der Waals surface area contributed by atoms with Gasteiger partial charge in [0.15, 0.2) is 0 Å². The van der Waals surface area contributed by atoms with Gasteiger partial charge in [-0.3, -0.25) is 4.90 Å². The molecular formula is C15H19N3. The minimum Gasteiger partial charge on any atom is -0.347 e. The predicted octanol–water partition coefficient (Wildman–Crippen LogP) is 1.77. The number of rotatable bonds is 1. The fourth-order valence-electron chi connectivity index (χ4n) is 3.50. The molecule has 3 nitrogen and oxygen atoms in total. The Balaban J connectivity index is 1.88. The molecule has 1 saturated heterocycles. The number of hydrogen-bond acceptors (Lipinski definition) is 2. The van der Waals surface area contributed by atoms with E-state index in [-0.39, 0.29) is 0 Å². The molecule has 18 heavy (non-hydrogen) atoms. The highest BCUT2D eigenvalue weighted by Gasteiger charge is 2.26. The summed E-state index contributed by atoms with van der Waals surface area (Å²) in [5.74, 6) is 0. The fourth-order valence-corrected chi connectivity index (χ4v) is 3.50. The smallest absolute Gasteiger partial charge is 0.0517 e. The molecular weight excluding hydrogens is 222 g/mol. The van der Waals surface area contributed by atoms with Crippen molar-refractivity contribution in [2.45, 2.75) is 19.0 Å². The van der Waals surface area contributed by atoms with Gasteiger partial charge in [-0.1, -0.05) is 18.2 Å². The lowest BCUT2D eigenvalue weighted by Crippen LogP contribution is -2.43. The van der Waals surface area contributed by atoms with Gasteiger partial charge in [0.2, 0.25) is 0 Å². The Labute approximate surface area is 107 Å². The summed E-state index contributed by atoms with van der Waals surface area (Å²) in [5.41, 5.74) is 4.50. The molecule has 0 saturated carbocycles. The van der Waals surface area contributed by atoms with Crippen LogP contribution in [0.5, 0.6) is 0 Å². The van der Waals surface area contributed by atoms with E-state index in [0.29, 0.717) is 6.04 Å². The van der Waals surface area contributed by atoms with Crippen LogP contribution in [0.15, 0.2) is 24.4 Å². The third-order valence-corrected chi connectivity index (χ3v) is 4.50. The van der Waals surface area contributed by atoms with E-state index >= 15 is 0 Å². The second kappa shape index (κ2) is 3.84. The Morgan fingerprint density at radius 2 is 2.22 bits per heavy atom. The van der Waals surface area contributed by atoms with Crippen LogP contribution in [0, 0.1) is 0 Å². The third-order valence-electron chi connectivity index (χ3n) is 4.50. The van der Waals surface area contributed by atoms with E-state index in [0.717, 1.165) is 26.2 Å². The van der Waals surface area contributed by atoms with E-state index in [1.54, 1.807) is 0 Å². The number of nitrogens with one attached hydrogen (secondary N) is 1. The average molecular weight is 241 g/mol. The Hall–Kier alpha value is -1.32. The lowest BCUT2D eigenvalue weighted by atomic mass is 10.0. The van der Waals surface area contributed by atoms with Crippen LogP contribution in [-0.4, -0.2) is 36.1 Å². The lowest BCUT2D eigenvalue weighted by Gasteiger charge is -2.33. The summed E-state index contributed by atoms with van der Waals surface area (Å²) in [4.78, 5) is 2.48. The predicted molar refractivity (Wildman–Crippen MR) is 73.9 cm³/mol. The van der Waals surface area contributed by atoms with Gasteiger partial charge < -0.3 is 9.88 Å². The summed E-state index contributed by atoms with van der Waals surface area (Å²) in [6.45, 7) is 4.47. The molecule has 0 radical (unpaired) electrons. The number of aryl methyl sites for hydroxylation is 2. The molecule has 4 rings (SSSR count). The first-order chi connectivity index (χ1) is 8.84. The zero-order chi connectivity index (χ0) is 12.1. The third kappa shape index (κ3) is 1.38. The Morgan fingerprint density at radius 3 is 3.11 bits per heavy atom. The molecule has 0 aliphatic carbocycles. The summed E-state index contributed by atoms with van der Waals surface area (Å²) < 4.78 is 2.45. The van der Waals surface area contributed by atoms with Gasteiger partial charge in [0, 0.05) is 43.8 Å². The average Bonchev–Trinajstić information content (AvgIpc) is 2.96. The van der Waals surface area contributed by atoms with E-state index in [2.05, 4.69) is 46.2 Å². The standard InChI is InChI=1S/C15H19N3/c1-17-8-6-16-9-14(17)13-10-18-7-5-11-3-2-4-12(13)15(11)18/h2-4,10,14,16H,5-9H2,1H3. The monoisotopic (exact) mass is 241 g/mol. The van der Waals surface area contributed by atoms with Crippen LogP contribution in [0.3, 0.4) is 0 Å². The number of benzene rings is 1. The number of para-hydroxylation sites is 1. The quantitative estimate of drug-likeness (QED) is 0.821. The SMILES string of the molecule is CN1CCNCC1c1cn2c3c(cccc13)CC2. The molecule has 1 N–H and O–H groups in total. The highest BCUT2D eigenvalue weighted by Crippen LogP contribution is 2.34. The van der Waals surface area contributed by atoms with Crippen LogP contribution in [0.25, 0.3) is 10.9 Å². The van der Waals surface area contributed by atoms with Crippen LogP contribution >= 0.6 is 0 Å². The molecule has 3 heterocycles. The van der Waals surface area contributed by atoms with E-state index in [1.807, 2.05) is 0 Å². The van der Waals surface area contributed by atoms with Crippen molar-refractivity contribution >= 4 is 10.9 Å². The van der Waals surface area contributed by atoms with Gasteiger partial charge in [-0.25, -0.2) is 0 Å². The van der Waals surface area contributed by atoms with Gasteiger partial charge >= 0.3 is 0 Å². The fraction of sp³-hybridized carbons (Fsp3) is 0.467. The Bertz CT molecular complexity index is 599. The molecule has 1 aromatic heterocycles. The molecule has 3 heteroatoms. The van der Waals surface area contributed by atoms with Gasteiger partial charge in [-0.2, -0.15) is 0 Å². The molecule has 0 bridgehead atoms. The molecule has 0 amide bonds. The molecule has 0 spiro atoms. The van der Waals surface area contributed by atoms with Crippen molar-refractivity contribution in [3.8, 4) is 0 Å². The van der Waals surface area contributed by atoms with Crippen molar-refractivity contribution in [3.63, 3.8) is 0 Å². The lowest BCUT2D eigenvalue weighted by molar-refractivity contribution is 0.203. The topological polar surface area (TPSA) is 20.2 Å². The normalized spacial score (nSPS) is 23.9. The van der Waals surface area contributed by atoms with Crippen LogP contribution in [-0.2, 0) is 13.0 Å². The first-order valence-electron chi connectivity index (χ1n) is 6.86. The number of piperazine rings is 1. The second-order valence-corrected chi connectivity index (χ2v) is 5.54. The highest BCUT2D eigenvalue weighted by molar-refractivity contribution is 5.88. The molecule has 1 atom stereocenters. The first-order valence-corrected chi connectivity index (χ1v) is 6.86. The van der Waals surface area contributed by atoms with E-state index in [9.17, 15) is 0 Å². The van der Waals surface area contributed by atoms with Gasteiger partial charge in [-0.15, -0.1) is 0 Å². The van der Waals surface area contributed by atoms with Crippen molar-refractivity contribution < 1.29 is 0 Å². The van der Waals surface area contributed by atoms with Crippen molar-refractivity contribution in [2.24, 2.45) is 0 Å². The maximum Gasteiger partial charge on any atom is 0.0517 e. The molecule has 1 unspecified atom stereocenters. The van der Waals surface area contributed by atoms with Crippen LogP contribution in [0.2, 0.25) is 0 Å². The minimum atomic E-state index is 0.524. The van der Waals surface area contributed by atoms with Crippen LogP contribution in [0.4, 0.5) is 0 Å². The highest BCUT2D eigenvalue weighted by atomic mass is 15.2. The first kappa shape index (κ1) is 10.6. The molecule has 94 valence electrons. The second-order valence-electron chi connectivity index (χ2n) is 5.54. The van der Waals surface area contributed by atoms with Gasteiger partial charge in [0.1, 0.15) is 0 Å². The Morgan fingerprint density at radius 1 is 1.28 bits per heavy atom. The minimum absolute atomic E-state index is 0.524. The molecule has 2 aliphatic rings. The van der Waals surface area contributed by atoms with E-state index in [1.165, 1.54) is 28.5 Å². The number of nitrogens with zero attached hydrogens (tertiary/aromatic N) is 2.